The zero-order chi connectivity index (χ0) is 42.2. The molecule has 13 aromatic rings. The van der Waals surface area contributed by atoms with E-state index in [9.17, 15) is 0 Å². The molecular formula is C60H41N3Si. The molecule has 0 aliphatic carbocycles. The minimum Gasteiger partial charge on any atom is -0.309 e. The summed E-state index contributed by atoms with van der Waals surface area (Å²) in [6, 6.07) is 92.5. The van der Waals surface area contributed by atoms with Crippen molar-refractivity contribution in [2.24, 2.45) is 0 Å². The highest BCUT2D eigenvalue weighted by atomic mass is 28.3. The zero-order valence-corrected chi connectivity index (χ0v) is 36.0. The van der Waals surface area contributed by atoms with Crippen LogP contribution in [0.1, 0.15) is 0 Å². The first kappa shape index (κ1) is 36.5. The maximum atomic E-state index is 2.58. The van der Waals surface area contributed by atoms with Gasteiger partial charge in [0.15, 0.2) is 8.07 Å². The second-order valence-electron chi connectivity index (χ2n) is 16.8. The molecule has 0 unspecified atom stereocenters. The van der Waals surface area contributed by atoms with E-state index in [1.54, 1.807) is 0 Å². The molecule has 0 fully saturated rings. The van der Waals surface area contributed by atoms with E-state index in [0.29, 0.717) is 0 Å². The van der Waals surface area contributed by atoms with Crippen LogP contribution in [0.3, 0.4) is 0 Å². The Labute approximate surface area is 372 Å². The molecular weight excluding hydrogens is 791 g/mol. The van der Waals surface area contributed by atoms with Gasteiger partial charge in [-0.25, -0.2) is 0 Å². The van der Waals surface area contributed by atoms with E-state index >= 15 is 0 Å². The SMILES string of the molecule is c1ccc(-n2c3ccccc3c3c(-n4c5ccccc5c5c(-n6c7ccccc7c7ccccc76)cc([Si](c6ccccc6)(c6ccccc6)c6ccccc6)cc54)cccc32)cc1. The molecule has 0 aliphatic rings. The molecule has 0 saturated carbocycles. The van der Waals surface area contributed by atoms with Gasteiger partial charge in [0.1, 0.15) is 0 Å². The van der Waals surface area contributed by atoms with Gasteiger partial charge in [-0.3, -0.25) is 0 Å². The third-order valence-electron chi connectivity index (χ3n) is 13.6. The summed E-state index contributed by atoms with van der Waals surface area (Å²) >= 11 is 0. The Bertz CT molecular complexity index is 3730. The molecule has 3 aromatic heterocycles. The maximum Gasteiger partial charge on any atom is 0.179 e. The molecule has 0 radical (unpaired) electrons. The number of rotatable bonds is 7. The quantitative estimate of drug-likeness (QED) is 0.112. The molecule has 64 heavy (non-hydrogen) atoms. The van der Waals surface area contributed by atoms with Crippen molar-refractivity contribution < 1.29 is 0 Å². The molecule has 0 atom stereocenters. The van der Waals surface area contributed by atoms with Gasteiger partial charge in [0, 0.05) is 38.0 Å². The number of para-hydroxylation sites is 5. The molecule has 13 rings (SSSR count). The second-order valence-corrected chi connectivity index (χ2v) is 20.6. The van der Waals surface area contributed by atoms with Crippen LogP contribution in [0, 0.1) is 0 Å². The maximum absolute atomic E-state index is 3.04. The standard InChI is InChI=1S/C60H41N3Si/c1-5-22-42(23-6-1)61-53-36-19-15-32-49(53)59-55(61)38-21-39-56(59)63-54-37-20-16-33-50(54)60-57(62-51-34-17-13-30-47(51)48-31-14-18-35-52(48)62)40-46(41-58(60)63)64(43-24-7-2-8-25-43,44-26-9-3-10-27-44)45-28-11-4-12-29-45/h1-41H. The molecule has 0 saturated heterocycles. The lowest BCUT2D eigenvalue weighted by molar-refractivity contribution is 1.17. The highest BCUT2D eigenvalue weighted by Crippen LogP contribution is 2.43. The Morgan fingerprint density at radius 1 is 0.234 bits per heavy atom. The molecule has 300 valence electrons. The number of aromatic nitrogens is 3. The number of benzene rings is 10. The number of fused-ring (bicyclic) bond motifs is 9. The predicted molar refractivity (Wildman–Crippen MR) is 273 cm³/mol. The van der Waals surface area contributed by atoms with Crippen LogP contribution in [0.5, 0.6) is 0 Å². The van der Waals surface area contributed by atoms with Crippen LogP contribution in [0.2, 0.25) is 0 Å². The van der Waals surface area contributed by atoms with Crippen LogP contribution in [-0.2, 0) is 0 Å². The first-order chi connectivity index (χ1) is 31.8. The van der Waals surface area contributed by atoms with Crippen molar-refractivity contribution in [1.82, 2.24) is 13.7 Å². The lowest BCUT2D eigenvalue weighted by Gasteiger charge is -2.35. The molecule has 10 aromatic carbocycles. The summed E-state index contributed by atoms with van der Waals surface area (Å²) in [7, 11) is -3.04. The Morgan fingerprint density at radius 3 is 1.12 bits per heavy atom. The topological polar surface area (TPSA) is 14.8 Å². The minimum absolute atomic E-state index is 1.15. The second kappa shape index (κ2) is 14.5. The van der Waals surface area contributed by atoms with E-state index in [0.717, 1.165) is 11.4 Å². The summed E-state index contributed by atoms with van der Waals surface area (Å²) in [5, 5.41) is 12.7. The lowest BCUT2D eigenvalue weighted by Crippen LogP contribution is -2.74. The normalized spacial score (nSPS) is 12.1. The van der Waals surface area contributed by atoms with Gasteiger partial charge < -0.3 is 13.7 Å². The fourth-order valence-corrected chi connectivity index (χ4v) is 15.8. The molecule has 0 amide bonds. The van der Waals surface area contributed by atoms with Crippen molar-refractivity contribution in [3.63, 3.8) is 0 Å². The van der Waals surface area contributed by atoms with Gasteiger partial charge in [-0.15, -0.1) is 0 Å². The molecule has 4 heteroatoms. The number of nitrogens with zero attached hydrogens (tertiary/aromatic N) is 3. The van der Waals surface area contributed by atoms with Crippen LogP contribution in [0.4, 0.5) is 0 Å². The van der Waals surface area contributed by atoms with E-state index < -0.39 is 8.07 Å². The van der Waals surface area contributed by atoms with Gasteiger partial charge in [0.05, 0.1) is 44.5 Å². The van der Waals surface area contributed by atoms with Gasteiger partial charge in [0.2, 0.25) is 0 Å². The molecule has 3 nitrogen and oxygen atoms in total. The smallest absolute Gasteiger partial charge is 0.179 e. The van der Waals surface area contributed by atoms with Crippen molar-refractivity contribution >= 4 is 94.2 Å². The summed E-state index contributed by atoms with van der Waals surface area (Å²) in [4.78, 5) is 0. The van der Waals surface area contributed by atoms with Crippen LogP contribution in [0.15, 0.2) is 249 Å². The molecule has 0 N–H and O–H groups in total. The highest BCUT2D eigenvalue weighted by molar-refractivity contribution is 7.20. The molecule has 0 aliphatic heterocycles. The third kappa shape index (κ3) is 5.21. The van der Waals surface area contributed by atoms with E-state index in [1.807, 2.05) is 0 Å². The van der Waals surface area contributed by atoms with Gasteiger partial charge in [0.25, 0.3) is 0 Å². The predicted octanol–water partition coefficient (Wildman–Crippen LogP) is 12.4. The summed E-state index contributed by atoms with van der Waals surface area (Å²) in [5.74, 6) is 0. The Kier molecular flexibility index (Phi) is 8.23. The summed E-state index contributed by atoms with van der Waals surface area (Å²) < 4.78 is 7.56. The number of hydrogen-bond acceptors (Lipinski definition) is 0. The summed E-state index contributed by atoms with van der Waals surface area (Å²) in [6.45, 7) is 0. The average Bonchev–Trinajstić information content (AvgIpc) is 4.01. The first-order valence-electron chi connectivity index (χ1n) is 22.1. The molecule has 0 bridgehead atoms. The van der Waals surface area contributed by atoms with Crippen molar-refractivity contribution in [3.8, 4) is 17.1 Å². The van der Waals surface area contributed by atoms with Crippen molar-refractivity contribution in [2.75, 3.05) is 0 Å². The monoisotopic (exact) mass is 831 g/mol. The Balaban J connectivity index is 1.27. The fourth-order valence-electron chi connectivity index (χ4n) is 11.0. The highest BCUT2D eigenvalue weighted by Gasteiger charge is 2.42. The van der Waals surface area contributed by atoms with Gasteiger partial charge in [-0.1, -0.05) is 188 Å². The lowest BCUT2D eigenvalue weighted by atomic mass is 10.1. The van der Waals surface area contributed by atoms with Crippen LogP contribution >= 0.6 is 0 Å². The van der Waals surface area contributed by atoms with Crippen LogP contribution in [0.25, 0.3) is 82.5 Å². The average molecular weight is 832 g/mol. The minimum atomic E-state index is -3.04. The van der Waals surface area contributed by atoms with Crippen LogP contribution in [-0.4, -0.2) is 21.8 Å². The Morgan fingerprint density at radius 2 is 0.609 bits per heavy atom. The van der Waals surface area contributed by atoms with Gasteiger partial charge >= 0.3 is 0 Å². The van der Waals surface area contributed by atoms with E-state index in [4.69, 9.17) is 0 Å². The number of hydrogen-bond donors (Lipinski definition) is 0. The zero-order valence-electron chi connectivity index (χ0n) is 35.0. The largest absolute Gasteiger partial charge is 0.309 e. The van der Waals surface area contributed by atoms with E-state index in [2.05, 4.69) is 262 Å². The van der Waals surface area contributed by atoms with E-state index in [-0.39, 0.29) is 0 Å². The molecule has 3 heterocycles. The van der Waals surface area contributed by atoms with E-state index in [1.165, 1.54) is 91.9 Å². The van der Waals surface area contributed by atoms with Gasteiger partial charge in [-0.05, 0) is 81.4 Å². The fraction of sp³-hybridized carbons (Fsp3) is 0. The Hall–Kier alpha value is -8.18. The summed E-state index contributed by atoms with van der Waals surface area (Å²) in [6.07, 6.45) is 0. The van der Waals surface area contributed by atoms with Crippen molar-refractivity contribution in [2.45, 2.75) is 0 Å². The third-order valence-corrected chi connectivity index (χ3v) is 18.3. The first-order valence-corrected chi connectivity index (χ1v) is 24.1. The van der Waals surface area contributed by atoms with Crippen molar-refractivity contribution in [3.05, 3.63) is 249 Å². The van der Waals surface area contributed by atoms with Crippen molar-refractivity contribution in [1.29, 1.82) is 0 Å². The molecule has 0 spiro atoms. The van der Waals surface area contributed by atoms with Crippen LogP contribution < -0.4 is 20.7 Å². The van der Waals surface area contributed by atoms with Gasteiger partial charge in [-0.2, -0.15) is 0 Å². The summed E-state index contributed by atoms with van der Waals surface area (Å²) in [5.41, 5.74) is 10.6.